The normalized spacial score (nSPS) is 10.8. The molecule has 0 spiro atoms. The van der Waals surface area contributed by atoms with Gasteiger partial charge in [0, 0.05) is 18.3 Å². The van der Waals surface area contributed by atoms with Crippen LogP contribution in [0.1, 0.15) is 12.5 Å². The van der Waals surface area contributed by atoms with Crippen LogP contribution < -0.4 is 10.1 Å². The average molecular weight is 305 g/mol. The number of benzene rings is 2. The largest absolute Gasteiger partial charge is 0.504 e. The maximum absolute atomic E-state index is 10.1. The van der Waals surface area contributed by atoms with Gasteiger partial charge >= 0.3 is 0 Å². The molecule has 0 atom stereocenters. The van der Waals surface area contributed by atoms with Crippen molar-refractivity contribution in [1.82, 2.24) is 0 Å². The summed E-state index contributed by atoms with van der Waals surface area (Å²) < 4.78 is 5.66. The number of hydrogen-bond acceptors (Lipinski definition) is 3. The van der Waals surface area contributed by atoms with Crippen LogP contribution in [0.15, 0.2) is 41.4 Å². The molecule has 0 aliphatic rings. The summed E-state index contributed by atoms with van der Waals surface area (Å²) in [5.41, 5.74) is 1.70. The summed E-state index contributed by atoms with van der Waals surface area (Å²) in [4.78, 5) is 4.07. The van der Waals surface area contributed by atoms with E-state index < -0.39 is 0 Å². The molecule has 2 N–H and O–H groups in total. The number of aryl methyl sites for hydroxylation is 1. The number of nitrogens with zero attached hydrogens (tertiary/aromatic N) is 1. The maximum Gasteiger partial charge on any atom is 0.169 e. The summed E-state index contributed by atoms with van der Waals surface area (Å²) in [5, 5.41) is 13.6. The molecular weight excluding hydrogens is 288 g/mol. The minimum absolute atomic E-state index is 0.0351. The van der Waals surface area contributed by atoms with E-state index in [4.69, 9.17) is 16.3 Å². The van der Waals surface area contributed by atoms with E-state index in [1.54, 1.807) is 30.6 Å². The van der Waals surface area contributed by atoms with Crippen molar-refractivity contribution in [1.29, 1.82) is 0 Å². The molecule has 0 saturated heterocycles. The fourth-order valence-corrected chi connectivity index (χ4v) is 1.93. The van der Waals surface area contributed by atoms with Crippen molar-refractivity contribution in [3.63, 3.8) is 0 Å². The maximum atomic E-state index is 10.1. The van der Waals surface area contributed by atoms with Crippen LogP contribution in [0.5, 0.6) is 17.2 Å². The average Bonchev–Trinajstić information content (AvgIpc) is 2.46. The molecule has 0 fully saturated rings. The Morgan fingerprint density at radius 3 is 2.76 bits per heavy atom. The van der Waals surface area contributed by atoms with E-state index in [0.717, 1.165) is 11.3 Å². The van der Waals surface area contributed by atoms with Crippen LogP contribution in [0.2, 0.25) is 5.02 Å². The number of phenols is 1. The molecule has 0 amide bonds. The third kappa shape index (κ3) is 3.89. The van der Waals surface area contributed by atoms with Gasteiger partial charge in [-0.15, -0.1) is 0 Å². The molecule has 2 aromatic carbocycles. The highest BCUT2D eigenvalue weighted by atomic mass is 35.5. The molecule has 2 aromatic rings. The number of rotatable bonds is 5. The van der Waals surface area contributed by atoms with Crippen LogP contribution in [0.25, 0.3) is 0 Å². The van der Waals surface area contributed by atoms with Gasteiger partial charge in [-0.2, -0.15) is 0 Å². The Morgan fingerprint density at radius 2 is 2.05 bits per heavy atom. The minimum Gasteiger partial charge on any atom is -0.504 e. The van der Waals surface area contributed by atoms with Gasteiger partial charge in [0.05, 0.1) is 11.4 Å². The lowest BCUT2D eigenvalue weighted by molar-refractivity contribution is 0.411. The third-order valence-electron chi connectivity index (χ3n) is 2.86. The summed E-state index contributed by atoms with van der Waals surface area (Å²) >= 11 is 6.05. The van der Waals surface area contributed by atoms with Crippen molar-refractivity contribution in [2.24, 2.45) is 4.99 Å². The Labute approximate surface area is 129 Å². The number of phenolic OH excluding ortho intramolecular Hbond substituents is 1. The van der Waals surface area contributed by atoms with Gasteiger partial charge in [0.1, 0.15) is 5.75 Å². The van der Waals surface area contributed by atoms with Crippen LogP contribution in [-0.2, 0) is 0 Å². The highest BCUT2D eigenvalue weighted by Crippen LogP contribution is 2.37. The van der Waals surface area contributed by atoms with Crippen molar-refractivity contribution in [2.45, 2.75) is 13.8 Å². The highest BCUT2D eigenvalue weighted by Gasteiger charge is 2.10. The van der Waals surface area contributed by atoms with Gasteiger partial charge in [0.2, 0.25) is 0 Å². The summed E-state index contributed by atoms with van der Waals surface area (Å²) in [6.45, 7) is 4.57. The van der Waals surface area contributed by atoms with Gasteiger partial charge in [-0.1, -0.05) is 23.7 Å². The molecule has 0 aliphatic heterocycles. The zero-order valence-corrected chi connectivity index (χ0v) is 12.7. The van der Waals surface area contributed by atoms with Gasteiger partial charge in [0.15, 0.2) is 11.5 Å². The van der Waals surface area contributed by atoms with Crippen molar-refractivity contribution in [2.75, 3.05) is 11.9 Å². The fraction of sp³-hybridized carbons (Fsp3) is 0.188. The summed E-state index contributed by atoms with van der Waals surface area (Å²) in [5.74, 6) is 0.897. The van der Waals surface area contributed by atoms with E-state index >= 15 is 0 Å². The summed E-state index contributed by atoms with van der Waals surface area (Å²) in [7, 11) is 0. The first-order valence-electron chi connectivity index (χ1n) is 6.62. The number of hydrogen-bond donors (Lipinski definition) is 2. The number of aliphatic imine (C=N–C) groups is 1. The first kappa shape index (κ1) is 15.2. The van der Waals surface area contributed by atoms with E-state index in [1.807, 2.05) is 26.0 Å². The molecule has 0 heterocycles. The van der Waals surface area contributed by atoms with Gasteiger partial charge in [-0.25, -0.2) is 0 Å². The Hall–Kier alpha value is -2.20. The van der Waals surface area contributed by atoms with Crippen LogP contribution in [0.3, 0.4) is 0 Å². The zero-order valence-electron chi connectivity index (χ0n) is 11.9. The smallest absolute Gasteiger partial charge is 0.169 e. The van der Waals surface area contributed by atoms with E-state index in [9.17, 15) is 5.11 Å². The molecule has 4 nitrogen and oxygen atoms in total. The lowest BCUT2D eigenvalue weighted by Crippen LogP contribution is -1.98. The molecule has 0 aliphatic carbocycles. The number of anilines is 1. The first-order chi connectivity index (χ1) is 10.1. The second-order valence-electron chi connectivity index (χ2n) is 4.44. The van der Waals surface area contributed by atoms with Gasteiger partial charge in [-0.05, 0) is 37.6 Å². The number of aromatic hydroxyl groups is 1. The quantitative estimate of drug-likeness (QED) is 0.626. The van der Waals surface area contributed by atoms with Crippen LogP contribution in [0.4, 0.5) is 5.69 Å². The zero-order chi connectivity index (χ0) is 15.2. The lowest BCUT2D eigenvalue weighted by atomic mass is 10.1. The summed E-state index contributed by atoms with van der Waals surface area (Å²) in [6, 6.07) is 10.5. The predicted molar refractivity (Wildman–Crippen MR) is 87.0 cm³/mol. The molecular formula is C16H17ClN2O2. The molecule has 21 heavy (non-hydrogen) atoms. The van der Waals surface area contributed by atoms with Gasteiger partial charge in [0.25, 0.3) is 0 Å². The van der Waals surface area contributed by atoms with Gasteiger partial charge in [-0.3, -0.25) is 4.99 Å². The topological polar surface area (TPSA) is 53.9 Å². The fourth-order valence-electron chi connectivity index (χ4n) is 1.76. The van der Waals surface area contributed by atoms with Crippen LogP contribution in [-0.4, -0.2) is 18.0 Å². The molecule has 0 radical (unpaired) electrons. The van der Waals surface area contributed by atoms with Crippen molar-refractivity contribution in [3.05, 3.63) is 47.0 Å². The first-order valence-corrected chi connectivity index (χ1v) is 7.00. The third-order valence-corrected chi connectivity index (χ3v) is 3.17. The highest BCUT2D eigenvalue weighted by molar-refractivity contribution is 6.32. The molecule has 0 aromatic heterocycles. The number of nitrogens with one attached hydrogen (secondary N) is 1. The Kier molecular flexibility index (Phi) is 5.06. The molecule has 5 heteroatoms. The standard InChI is InChI=1S/C16H17ClN2O2/c1-3-18-10-19-13-9-14(20)16(8-11(13)2)21-15-7-5-4-6-12(15)17/h4-10,20H,3H2,1-2H3,(H,18,19). The molecule has 0 unspecified atom stereocenters. The van der Waals surface area contributed by atoms with E-state index in [1.165, 1.54) is 0 Å². The molecule has 0 saturated carbocycles. The molecule has 0 bridgehead atoms. The number of ether oxygens (including phenoxy) is 1. The predicted octanol–water partition coefficient (Wildman–Crippen LogP) is 4.61. The van der Waals surface area contributed by atoms with E-state index in [-0.39, 0.29) is 5.75 Å². The Bertz CT molecular complexity index is 657. The number of halogens is 1. The van der Waals surface area contributed by atoms with Crippen LogP contribution >= 0.6 is 11.6 Å². The van der Waals surface area contributed by atoms with Crippen molar-refractivity contribution < 1.29 is 9.84 Å². The lowest BCUT2D eigenvalue weighted by Gasteiger charge is -2.12. The second-order valence-corrected chi connectivity index (χ2v) is 4.85. The molecule has 110 valence electrons. The monoisotopic (exact) mass is 304 g/mol. The Balaban J connectivity index is 2.24. The SMILES string of the molecule is CCN=CNc1cc(O)c(Oc2ccccc2Cl)cc1C. The van der Waals surface area contributed by atoms with E-state index in [0.29, 0.717) is 23.1 Å². The summed E-state index contributed by atoms with van der Waals surface area (Å²) in [6.07, 6.45) is 1.61. The molecule has 2 rings (SSSR count). The second kappa shape index (κ2) is 6.99. The van der Waals surface area contributed by atoms with Crippen molar-refractivity contribution >= 4 is 23.6 Å². The van der Waals surface area contributed by atoms with Crippen LogP contribution in [0, 0.1) is 6.92 Å². The minimum atomic E-state index is 0.0351. The number of para-hydroxylation sites is 1. The van der Waals surface area contributed by atoms with E-state index in [2.05, 4.69) is 10.3 Å². The van der Waals surface area contributed by atoms with Gasteiger partial charge < -0.3 is 15.2 Å². The Morgan fingerprint density at radius 1 is 1.29 bits per heavy atom. The van der Waals surface area contributed by atoms with Crippen molar-refractivity contribution in [3.8, 4) is 17.2 Å².